The Morgan fingerprint density at radius 3 is 2.31 bits per heavy atom. The van der Waals surface area contributed by atoms with Gasteiger partial charge in [-0.2, -0.15) is 0 Å². The predicted octanol–water partition coefficient (Wildman–Crippen LogP) is 5.56. The largest absolute Gasteiger partial charge is 0.496 e. The Morgan fingerprint density at radius 1 is 0.938 bits per heavy atom. The molecule has 0 aliphatic carbocycles. The smallest absolute Gasteiger partial charge is 0.192 e. The fourth-order valence-corrected chi connectivity index (χ4v) is 4.49. The number of rotatable bonds is 9. The van der Waals surface area contributed by atoms with Gasteiger partial charge in [-0.3, -0.25) is 4.79 Å². The van der Waals surface area contributed by atoms with E-state index in [4.69, 9.17) is 4.74 Å². The number of para-hydroxylation sites is 1. The summed E-state index contributed by atoms with van der Waals surface area (Å²) in [5, 5.41) is 9.39. The summed E-state index contributed by atoms with van der Waals surface area (Å²) < 4.78 is 7.65. The average Bonchev–Trinajstić information content (AvgIpc) is 3.25. The van der Waals surface area contributed by atoms with Gasteiger partial charge in [0.05, 0.1) is 17.9 Å². The highest BCUT2D eigenvalue weighted by Crippen LogP contribution is 2.33. The summed E-state index contributed by atoms with van der Waals surface area (Å²) in [7, 11) is 1.65. The van der Waals surface area contributed by atoms with Crippen LogP contribution in [0.15, 0.2) is 90.1 Å². The number of aryl methyl sites for hydroxylation is 1. The molecule has 0 aliphatic heterocycles. The van der Waals surface area contributed by atoms with Gasteiger partial charge in [0.2, 0.25) is 0 Å². The third-order valence-corrected chi connectivity index (χ3v) is 6.32. The molecule has 6 heteroatoms. The molecule has 0 radical (unpaired) electrons. The van der Waals surface area contributed by atoms with Crippen molar-refractivity contribution in [3.63, 3.8) is 0 Å². The van der Waals surface area contributed by atoms with Crippen molar-refractivity contribution in [3.05, 3.63) is 96.1 Å². The standard InChI is InChI=1S/C26H25N3O2S/c1-19(24(30)21-13-7-4-8-14-21)32-26-28-27-25(22-15-9-10-16-23(22)31-2)29(26)18-17-20-11-5-3-6-12-20/h3-16,19H,17-18H2,1-2H3. The number of aromatic nitrogens is 3. The molecule has 0 aliphatic rings. The molecular weight excluding hydrogens is 418 g/mol. The molecule has 3 aromatic carbocycles. The highest BCUT2D eigenvalue weighted by molar-refractivity contribution is 8.00. The quantitative estimate of drug-likeness (QED) is 0.250. The normalized spacial score (nSPS) is 11.8. The van der Waals surface area contributed by atoms with E-state index in [1.807, 2.05) is 79.7 Å². The number of Topliss-reactive ketones (excluding diaryl/α,β-unsaturated/α-hetero) is 1. The highest BCUT2D eigenvalue weighted by Gasteiger charge is 2.23. The number of benzene rings is 3. The van der Waals surface area contributed by atoms with Crippen molar-refractivity contribution in [2.75, 3.05) is 7.11 Å². The fourth-order valence-electron chi connectivity index (χ4n) is 3.54. The zero-order chi connectivity index (χ0) is 22.3. The van der Waals surface area contributed by atoms with E-state index < -0.39 is 0 Å². The molecule has 0 saturated heterocycles. The molecule has 1 unspecified atom stereocenters. The van der Waals surface area contributed by atoms with E-state index >= 15 is 0 Å². The molecule has 162 valence electrons. The predicted molar refractivity (Wildman–Crippen MR) is 128 cm³/mol. The summed E-state index contributed by atoms with van der Waals surface area (Å²) in [5.74, 6) is 1.55. The van der Waals surface area contributed by atoms with Crippen LogP contribution in [0.25, 0.3) is 11.4 Å². The molecule has 1 heterocycles. The van der Waals surface area contributed by atoms with Gasteiger partial charge in [0, 0.05) is 12.1 Å². The number of ether oxygens (including phenoxy) is 1. The van der Waals surface area contributed by atoms with Gasteiger partial charge >= 0.3 is 0 Å². The van der Waals surface area contributed by atoms with Crippen LogP contribution in [0.3, 0.4) is 0 Å². The maximum atomic E-state index is 12.9. The monoisotopic (exact) mass is 443 g/mol. The number of nitrogens with zero attached hydrogens (tertiary/aromatic N) is 3. The van der Waals surface area contributed by atoms with Crippen molar-refractivity contribution in [2.45, 2.75) is 30.3 Å². The van der Waals surface area contributed by atoms with Crippen molar-refractivity contribution in [1.29, 1.82) is 0 Å². The van der Waals surface area contributed by atoms with Gasteiger partial charge in [0.15, 0.2) is 16.8 Å². The van der Waals surface area contributed by atoms with Crippen LogP contribution in [0.5, 0.6) is 5.75 Å². The van der Waals surface area contributed by atoms with Crippen LogP contribution >= 0.6 is 11.8 Å². The third kappa shape index (κ3) is 4.92. The second-order valence-corrected chi connectivity index (χ2v) is 8.69. The number of methoxy groups -OCH3 is 1. The SMILES string of the molecule is COc1ccccc1-c1nnc(SC(C)C(=O)c2ccccc2)n1CCc1ccccc1. The van der Waals surface area contributed by atoms with Crippen LogP contribution in [0.4, 0.5) is 0 Å². The Bertz CT molecular complexity index is 1180. The maximum Gasteiger partial charge on any atom is 0.192 e. The molecule has 4 rings (SSSR count). The summed E-state index contributed by atoms with van der Waals surface area (Å²) in [6.07, 6.45) is 0.829. The van der Waals surface area contributed by atoms with Gasteiger partial charge in [0.25, 0.3) is 0 Å². The van der Waals surface area contributed by atoms with Crippen molar-refractivity contribution in [2.24, 2.45) is 0 Å². The first-order valence-corrected chi connectivity index (χ1v) is 11.4. The molecule has 0 fully saturated rings. The topological polar surface area (TPSA) is 57.0 Å². The molecule has 0 bridgehead atoms. The Labute approximate surface area is 192 Å². The number of carbonyl (C=O) groups excluding carboxylic acids is 1. The van der Waals surface area contributed by atoms with Gasteiger partial charge in [-0.25, -0.2) is 0 Å². The van der Waals surface area contributed by atoms with E-state index in [0.717, 1.165) is 28.7 Å². The fraction of sp³-hybridized carbons (Fsp3) is 0.192. The van der Waals surface area contributed by atoms with Crippen LogP contribution in [0.1, 0.15) is 22.8 Å². The number of thioether (sulfide) groups is 1. The van der Waals surface area contributed by atoms with E-state index in [1.165, 1.54) is 17.3 Å². The maximum absolute atomic E-state index is 12.9. The Morgan fingerprint density at radius 2 is 1.59 bits per heavy atom. The van der Waals surface area contributed by atoms with Crippen molar-refractivity contribution in [3.8, 4) is 17.1 Å². The van der Waals surface area contributed by atoms with Gasteiger partial charge < -0.3 is 9.30 Å². The number of carbonyl (C=O) groups is 1. The van der Waals surface area contributed by atoms with Gasteiger partial charge in [-0.05, 0) is 31.0 Å². The molecule has 5 nitrogen and oxygen atoms in total. The summed E-state index contributed by atoms with van der Waals surface area (Å²) in [5.41, 5.74) is 2.81. The molecule has 1 aromatic heterocycles. The second-order valence-electron chi connectivity index (χ2n) is 7.38. The minimum absolute atomic E-state index is 0.0760. The first kappa shape index (κ1) is 21.8. The van der Waals surface area contributed by atoms with Crippen LogP contribution in [-0.4, -0.2) is 32.9 Å². The first-order chi connectivity index (χ1) is 15.7. The summed E-state index contributed by atoms with van der Waals surface area (Å²) in [6.45, 7) is 2.61. The van der Waals surface area contributed by atoms with Crippen LogP contribution in [0.2, 0.25) is 0 Å². The van der Waals surface area contributed by atoms with Gasteiger partial charge in [0.1, 0.15) is 5.75 Å². The highest BCUT2D eigenvalue weighted by atomic mass is 32.2. The average molecular weight is 444 g/mol. The van der Waals surface area contributed by atoms with E-state index in [2.05, 4.69) is 26.9 Å². The molecular formula is C26H25N3O2S. The number of hydrogen-bond donors (Lipinski definition) is 0. The lowest BCUT2D eigenvalue weighted by Gasteiger charge is -2.14. The van der Waals surface area contributed by atoms with Crippen molar-refractivity contribution < 1.29 is 9.53 Å². The molecule has 1 atom stereocenters. The molecule has 0 N–H and O–H groups in total. The summed E-state index contributed by atoms with van der Waals surface area (Å²) in [4.78, 5) is 12.9. The van der Waals surface area contributed by atoms with Crippen LogP contribution in [-0.2, 0) is 13.0 Å². The lowest BCUT2D eigenvalue weighted by atomic mass is 10.1. The number of hydrogen-bond acceptors (Lipinski definition) is 5. The van der Waals surface area contributed by atoms with Crippen LogP contribution in [0, 0.1) is 0 Å². The van der Waals surface area contributed by atoms with Crippen LogP contribution < -0.4 is 4.74 Å². The lowest BCUT2D eigenvalue weighted by Crippen LogP contribution is -2.15. The third-order valence-electron chi connectivity index (χ3n) is 5.24. The van der Waals surface area contributed by atoms with E-state index in [0.29, 0.717) is 12.1 Å². The molecule has 0 saturated carbocycles. The Balaban J connectivity index is 1.65. The molecule has 4 aromatic rings. The Kier molecular flexibility index (Phi) is 7.02. The van der Waals surface area contributed by atoms with E-state index in [1.54, 1.807) is 7.11 Å². The van der Waals surface area contributed by atoms with Gasteiger partial charge in [-0.1, -0.05) is 84.6 Å². The van der Waals surface area contributed by atoms with Crippen molar-refractivity contribution in [1.82, 2.24) is 14.8 Å². The lowest BCUT2D eigenvalue weighted by molar-refractivity contribution is 0.0994. The zero-order valence-corrected chi connectivity index (χ0v) is 19.0. The minimum atomic E-state index is -0.289. The minimum Gasteiger partial charge on any atom is -0.496 e. The molecule has 32 heavy (non-hydrogen) atoms. The van der Waals surface area contributed by atoms with E-state index in [-0.39, 0.29) is 11.0 Å². The number of ketones is 1. The van der Waals surface area contributed by atoms with Crippen molar-refractivity contribution >= 4 is 17.5 Å². The Hall–Kier alpha value is -3.38. The summed E-state index contributed by atoms with van der Waals surface area (Å²) in [6, 6.07) is 27.5. The summed E-state index contributed by atoms with van der Waals surface area (Å²) >= 11 is 1.44. The molecule has 0 spiro atoms. The second kappa shape index (κ2) is 10.3. The van der Waals surface area contributed by atoms with Gasteiger partial charge in [-0.15, -0.1) is 10.2 Å². The zero-order valence-electron chi connectivity index (χ0n) is 18.1. The first-order valence-electron chi connectivity index (χ1n) is 10.5. The van der Waals surface area contributed by atoms with E-state index in [9.17, 15) is 4.79 Å². The molecule has 0 amide bonds.